The van der Waals surface area contributed by atoms with Crippen LogP contribution in [0.3, 0.4) is 0 Å². The van der Waals surface area contributed by atoms with Crippen LogP contribution in [0.4, 0.5) is 13.6 Å². The standard InChI is InChI=1S/C19H24BF2NO8/c1-11(2)30-18(26)29-10-28-17(25)13-6-4-5-12-9-14(20(27)31-16(12)13)23-15(24)7-8-19(3,21)22/h4-6,11,14,27H,7-10H2,1-3H3,(H,23,24). The van der Waals surface area contributed by atoms with Crippen molar-refractivity contribution in [1.82, 2.24) is 5.32 Å². The molecule has 0 radical (unpaired) electrons. The minimum absolute atomic E-state index is 0.0206. The zero-order chi connectivity index (χ0) is 23.2. The molecule has 1 atom stereocenters. The third kappa shape index (κ3) is 7.70. The number of carbonyl (C=O) groups excluding carboxylic acids is 3. The lowest BCUT2D eigenvalue weighted by atomic mass is 9.72. The molecule has 1 amide bonds. The number of esters is 1. The minimum Gasteiger partial charge on any atom is -0.534 e. The highest BCUT2D eigenvalue weighted by molar-refractivity contribution is 6.47. The van der Waals surface area contributed by atoms with Gasteiger partial charge in [0, 0.05) is 12.8 Å². The first-order valence-corrected chi connectivity index (χ1v) is 9.60. The molecule has 170 valence electrons. The summed E-state index contributed by atoms with van der Waals surface area (Å²) in [7, 11) is -1.51. The first kappa shape index (κ1) is 24.4. The summed E-state index contributed by atoms with van der Waals surface area (Å²) in [4.78, 5) is 35.5. The van der Waals surface area contributed by atoms with Crippen LogP contribution in [0.2, 0.25) is 0 Å². The number of amides is 1. The number of para-hydroxylation sites is 1. The van der Waals surface area contributed by atoms with Crippen molar-refractivity contribution in [2.45, 2.75) is 58.0 Å². The van der Waals surface area contributed by atoms with E-state index in [1.165, 1.54) is 6.07 Å². The van der Waals surface area contributed by atoms with Gasteiger partial charge in [0.25, 0.3) is 0 Å². The second-order valence-electron chi connectivity index (χ2n) is 7.36. The van der Waals surface area contributed by atoms with E-state index in [9.17, 15) is 28.2 Å². The number of nitrogens with one attached hydrogen (secondary N) is 1. The molecule has 31 heavy (non-hydrogen) atoms. The molecule has 0 aliphatic carbocycles. The second-order valence-corrected chi connectivity index (χ2v) is 7.36. The lowest BCUT2D eigenvalue weighted by Gasteiger charge is -2.29. The largest absolute Gasteiger partial charge is 0.547 e. The smallest absolute Gasteiger partial charge is 0.534 e. The predicted octanol–water partition coefficient (Wildman–Crippen LogP) is 2.24. The molecule has 0 aromatic heterocycles. The maximum Gasteiger partial charge on any atom is 0.547 e. The van der Waals surface area contributed by atoms with Crippen LogP contribution in [0, 0.1) is 0 Å². The van der Waals surface area contributed by atoms with E-state index >= 15 is 0 Å². The zero-order valence-electron chi connectivity index (χ0n) is 17.4. The maximum atomic E-state index is 12.9. The van der Waals surface area contributed by atoms with Gasteiger partial charge in [-0.05, 0) is 38.8 Å². The summed E-state index contributed by atoms with van der Waals surface area (Å²) in [5.74, 6) is -5.33. The number of alkyl halides is 2. The van der Waals surface area contributed by atoms with Crippen LogP contribution in [0.25, 0.3) is 0 Å². The fourth-order valence-corrected chi connectivity index (χ4v) is 2.76. The van der Waals surface area contributed by atoms with Gasteiger partial charge < -0.3 is 29.2 Å². The van der Waals surface area contributed by atoms with E-state index in [1.807, 2.05) is 0 Å². The lowest BCUT2D eigenvalue weighted by Crippen LogP contribution is -2.53. The molecule has 0 saturated heterocycles. The normalized spacial score (nSPS) is 15.6. The number of hydrogen-bond acceptors (Lipinski definition) is 8. The Morgan fingerprint density at radius 1 is 1.32 bits per heavy atom. The number of ether oxygens (including phenoxy) is 3. The number of halogens is 2. The summed E-state index contributed by atoms with van der Waals surface area (Å²) < 4.78 is 45.4. The second kappa shape index (κ2) is 10.4. The number of fused-ring (bicyclic) bond motifs is 1. The van der Waals surface area contributed by atoms with Crippen LogP contribution in [-0.2, 0) is 25.4 Å². The van der Waals surface area contributed by atoms with Crippen molar-refractivity contribution in [3.63, 3.8) is 0 Å². The van der Waals surface area contributed by atoms with Gasteiger partial charge in [-0.15, -0.1) is 0 Å². The van der Waals surface area contributed by atoms with Gasteiger partial charge >= 0.3 is 19.2 Å². The molecule has 0 fully saturated rings. The maximum absolute atomic E-state index is 12.9. The van der Waals surface area contributed by atoms with Gasteiger partial charge in [0.2, 0.25) is 18.6 Å². The number of hydrogen-bond donors (Lipinski definition) is 2. The molecule has 1 aliphatic heterocycles. The molecule has 1 aliphatic rings. The van der Waals surface area contributed by atoms with Crippen molar-refractivity contribution < 1.29 is 47.1 Å². The molecule has 2 rings (SSSR count). The average Bonchev–Trinajstić information content (AvgIpc) is 2.65. The molecule has 1 aromatic carbocycles. The van der Waals surface area contributed by atoms with Crippen LogP contribution < -0.4 is 9.97 Å². The van der Waals surface area contributed by atoms with Crippen LogP contribution >= 0.6 is 0 Å². The number of rotatable bonds is 8. The van der Waals surface area contributed by atoms with Crippen molar-refractivity contribution in [3.8, 4) is 5.75 Å². The van der Waals surface area contributed by atoms with Gasteiger partial charge in [-0.2, -0.15) is 0 Å². The molecule has 9 nitrogen and oxygen atoms in total. The third-order valence-electron chi connectivity index (χ3n) is 4.18. The molecule has 1 aromatic rings. The SMILES string of the molecule is CC(C)OC(=O)OCOC(=O)c1cccc2c1OB(O)C(NC(=O)CCC(C)(F)F)C2. The Hall–Kier alpha value is -2.89. The summed E-state index contributed by atoms with van der Waals surface area (Å²) in [6, 6.07) is 4.55. The Bertz CT molecular complexity index is 815. The van der Waals surface area contributed by atoms with Crippen LogP contribution in [0.1, 0.15) is 49.5 Å². The van der Waals surface area contributed by atoms with E-state index in [2.05, 4.69) is 10.1 Å². The molecule has 0 spiro atoms. The number of benzene rings is 1. The van der Waals surface area contributed by atoms with Gasteiger partial charge in [0.05, 0.1) is 12.0 Å². The first-order chi connectivity index (χ1) is 14.5. The van der Waals surface area contributed by atoms with E-state index in [4.69, 9.17) is 14.1 Å². The Morgan fingerprint density at radius 2 is 2.03 bits per heavy atom. The summed E-state index contributed by atoms with van der Waals surface area (Å²) in [6.07, 6.45) is -2.33. The van der Waals surface area contributed by atoms with Crippen molar-refractivity contribution in [2.75, 3.05) is 6.79 Å². The van der Waals surface area contributed by atoms with E-state index in [-0.39, 0.29) is 17.7 Å². The van der Waals surface area contributed by atoms with Crippen molar-refractivity contribution in [2.24, 2.45) is 0 Å². The van der Waals surface area contributed by atoms with E-state index < -0.39 is 62.8 Å². The summed E-state index contributed by atoms with van der Waals surface area (Å²) in [6.45, 7) is 3.28. The predicted molar refractivity (Wildman–Crippen MR) is 104 cm³/mol. The summed E-state index contributed by atoms with van der Waals surface area (Å²) in [5, 5.41) is 12.7. The molecule has 1 heterocycles. The first-order valence-electron chi connectivity index (χ1n) is 9.60. The van der Waals surface area contributed by atoms with Gasteiger partial charge in [0.1, 0.15) is 11.3 Å². The molecule has 1 unspecified atom stereocenters. The lowest BCUT2D eigenvalue weighted by molar-refractivity contribution is -0.123. The van der Waals surface area contributed by atoms with Crippen LogP contribution in [0.15, 0.2) is 18.2 Å². The third-order valence-corrected chi connectivity index (χ3v) is 4.18. The minimum atomic E-state index is -2.98. The Balaban J connectivity index is 1.97. The van der Waals surface area contributed by atoms with Crippen LogP contribution in [-0.4, -0.2) is 54.9 Å². The van der Waals surface area contributed by atoms with E-state index in [1.54, 1.807) is 26.0 Å². The average molecular weight is 443 g/mol. The molecule has 0 saturated carbocycles. The monoisotopic (exact) mass is 443 g/mol. The van der Waals surface area contributed by atoms with Gasteiger partial charge in [-0.1, -0.05) is 12.1 Å². The van der Waals surface area contributed by atoms with E-state index in [0.29, 0.717) is 12.5 Å². The van der Waals surface area contributed by atoms with Gasteiger partial charge in [-0.3, -0.25) is 4.79 Å². The van der Waals surface area contributed by atoms with Crippen molar-refractivity contribution in [3.05, 3.63) is 29.3 Å². The van der Waals surface area contributed by atoms with Crippen LogP contribution in [0.5, 0.6) is 5.75 Å². The molecular weight excluding hydrogens is 419 g/mol. The molecule has 12 heteroatoms. The highest BCUT2D eigenvalue weighted by atomic mass is 19.3. The van der Waals surface area contributed by atoms with E-state index in [0.717, 1.165) is 0 Å². The fourth-order valence-electron chi connectivity index (χ4n) is 2.76. The van der Waals surface area contributed by atoms with Crippen molar-refractivity contribution >= 4 is 25.2 Å². The summed E-state index contributed by atoms with van der Waals surface area (Å²) >= 11 is 0. The fraction of sp³-hybridized carbons (Fsp3) is 0.526. The zero-order valence-corrected chi connectivity index (χ0v) is 17.4. The summed E-state index contributed by atoms with van der Waals surface area (Å²) in [5.41, 5.74) is 0.471. The van der Waals surface area contributed by atoms with Crippen molar-refractivity contribution in [1.29, 1.82) is 0 Å². The Labute approximate surface area is 178 Å². The highest BCUT2D eigenvalue weighted by Gasteiger charge is 2.38. The molecular formula is C19H24BF2NO8. The van der Waals surface area contributed by atoms with Gasteiger partial charge in [0.15, 0.2) is 0 Å². The number of carbonyl (C=O) groups is 3. The highest BCUT2D eigenvalue weighted by Crippen LogP contribution is 2.30. The Kier molecular flexibility index (Phi) is 8.20. The quantitative estimate of drug-likeness (QED) is 0.357. The Morgan fingerprint density at radius 3 is 2.68 bits per heavy atom. The topological polar surface area (TPSA) is 120 Å². The molecule has 0 bridgehead atoms. The van der Waals surface area contributed by atoms with Gasteiger partial charge in [-0.25, -0.2) is 18.4 Å². The molecule has 2 N–H and O–H groups in total.